The molecule has 2 aliphatic heterocycles. The van der Waals surface area contributed by atoms with Gasteiger partial charge < -0.3 is 24.2 Å². The van der Waals surface area contributed by atoms with Crippen molar-refractivity contribution >= 4 is 23.4 Å². The SMILES string of the molecule is COC(=O)c1ccc([C@H]2/C(=C(\O)c3ccc4c(c3)OCCO4)C(=O)C(=O)N2CCc2ccccc2)cc1. The zero-order chi connectivity index (χ0) is 25.9. The zero-order valence-corrected chi connectivity index (χ0v) is 20.2. The third kappa shape index (κ3) is 4.65. The van der Waals surface area contributed by atoms with E-state index < -0.39 is 23.7 Å². The molecule has 37 heavy (non-hydrogen) atoms. The van der Waals surface area contributed by atoms with Gasteiger partial charge in [-0.2, -0.15) is 0 Å². The maximum absolute atomic E-state index is 13.3. The van der Waals surface area contributed by atoms with Gasteiger partial charge in [0.25, 0.3) is 11.7 Å². The van der Waals surface area contributed by atoms with Gasteiger partial charge in [-0.3, -0.25) is 9.59 Å². The molecule has 188 valence electrons. The van der Waals surface area contributed by atoms with Crippen molar-refractivity contribution in [2.75, 3.05) is 26.9 Å². The molecule has 1 amide bonds. The van der Waals surface area contributed by atoms with Crippen molar-refractivity contribution in [3.8, 4) is 11.5 Å². The van der Waals surface area contributed by atoms with E-state index in [1.807, 2.05) is 30.3 Å². The van der Waals surface area contributed by atoms with E-state index in [2.05, 4.69) is 0 Å². The van der Waals surface area contributed by atoms with Crippen molar-refractivity contribution in [3.63, 3.8) is 0 Å². The highest BCUT2D eigenvalue weighted by atomic mass is 16.6. The number of likely N-dealkylation sites (tertiary alicyclic amines) is 1. The molecule has 3 aromatic rings. The molecule has 8 nitrogen and oxygen atoms in total. The van der Waals surface area contributed by atoms with Gasteiger partial charge in [-0.15, -0.1) is 0 Å². The second kappa shape index (κ2) is 10.2. The van der Waals surface area contributed by atoms with Crippen LogP contribution in [-0.2, 0) is 20.7 Å². The third-order valence-corrected chi connectivity index (χ3v) is 6.49. The summed E-state index contributed by atoms with van der Waals surface area (Å²) >= 11 is 0. The summed E-state index contributed by atoms with van der Waals surface area (Å²) in [6.45, 7) is 1.05. The average molecular weight is 500 g/mol. The number of hydrogen-bond donors (Lipinski definition) is 1. The van der Waals surface area contributed by atoms with E-state index in [1.54, 1.807) is 42.5 Å². The summed E-state index contributed by atoms with van der Waals surface area (Å²) in [4.78, 5) is 39.9. The predicted octanol–water partition coefficient (Wildman–Crippen LogP) is 3.91. The number of aliphatic hydroxyl groups is 1. The molecule has 0 aliphatic carbocycles. The topological polar surface area (TPSA) is 102 Å². The number of carbonyl (C=O) groups is 3. The summed E-state index contributed by atoms with van der Waals surface area (Å²) in [5.74, 6) is -1.28. The number of esters is 1. The van der Waals surface area contributed by atoms with Gasteiger partial charge in [-0.25, -0.2) is 4.79 Å². The highest BCUT2D eigenvalue weighted by Crippen LogP contribution is 2.41. The van der Waals surface area contributed by atoms with Gasteiger partial charge in [-0.05, 0) is 47.9 Å². The number of fused-ring (bicyclic) bond motifs is 1. The molecule has 1 N–H and O–H groups in total. The largest absolute Gasteiger partial charge is 0.507 e. The number of carbonyl (C=O) groups excluding carboxylic acids is 3. The average Bonchev–Trinajstić information content (AvgIpc) is 3.20. The Morgan fingerprint density at radius 2 is 1.62 bits per heavy atom. The minimum atomic E-state index is -0.844. The summed E-state index contributed by atoms with van der Waals surface area (Å²) in [5.41, 5.74) is 2.23. The van der Waals surface area contributed by atoms with E-state index >= 15 is 0 Å². The Morgan fingerprint density at radius 3 is 2.32 bits per heavy atom. The van der Waals surface area contributed by atoms with Gasteiger partial charge in [-0.1, -0.05) is 42.5 Å². The third-order valence-electron chi connectivity index (χ3n) is 6.49. The number of amides is 1. The van der Waals surface area contributed by atoms with Gasteiger partial charge in [0.2, 0.25) is 0 Å². The van der Waals surface area contributed by atoms with Crippen molar-refractivity contribution in [1.29, 1.82) is 0 Å². The van der Waals surface area contributed by atoms with Crippen LogP contribution in [0.5, 0.6) is 11.5 Å². The monoisotopic (exact) mass is 499 g/mol. The molecule has 2 aliphatic rings. The van der Waals surface area contributed by atoms with Crippen molar-refractivity contribution < 1.29 is 33.7 Å². The Labute approximate surface area is 213 Å². The molecule has 0 unspecified atom stereocenters. The van der Waals surface area contributed by atoms with Gasteiger partial charge in [0, 0.05) is 12.1 Å². The number of methoxy groups -OCH3 is 1. The number of aliphatic hydroxyl groups excluding tert-OH is 1. The van der Waals surface area contributed by atoms with Crippen LogP contribution in [0.15, 0.2) is 78.4 Å². The number of hydrogen-bond acceptors (Lipinski definition) is 7. The van der Waals surface area contributed by atoms with Crippen molar-refractivity contribution in [3.05, 3.63) is 101 Å². The van der Waals surface area contributed by atoms with E-state index in [0.717, 1.165) is 5.56 Å². The molecule has 0 aromatic heterocycles. The molecule has 3 aromatic carbocycles. The van der Waals surface area contributed by atoms with Crippen LogP contribution in [0, 0.1) is 0 Å². The molecule has 1 saturated heterocycles. The number of rotatable bonds is 6. The molecule has 1 fully saturated rings. The summed E-state index contributed by atoms with van der Waals surface area (Å²) < 4.78 is 16.0. The summed E-state index contributed by atoms with van der Waals surface area (Å²) in [6.07, 6.45) is 0.522. The first-order valence-corrected chi connectivity index (χ1v) is 11.9. The highest BCUT2D eigenvalue weighted by molar-refractivity contribution is 6.46. The van der Waals surface area contributed by atoms with Crippen LogP contribution >= 0.6 is 0 Å². The summed E-state index contributed by atoms with van der Waals surface area (Å²) in [6, 6.07) is 20.1. The Bertz CT molecular complexity index is 1380. The van der Waals surface area contributed by atoms with Crippen LogP contribution in [0.4, 0.5) is 0 Å². The van der Waals surface area contributed by atoms with Crippen LogP contribution in [0.2, 0.25) is 0 Å². The van der Waals surface area contributed by atoms with Crippen LogP contribution in [0.3, 0.4) is 0 Å². The van der Waals surface area contributed by atoms with E-state index in [1.165, 1.54) is 12.0 Å². The van der Waals surface area contributed by atoms with Crippen molar-refractivity contribution in [1.82, 2.24) is 4.90 Å². The van der Waals surface area contributed by atoms with Gasteiger partial charge in [0.1, 0.15) is 19.0 Å². The van der Waals surface area contributed by atoms with Crippen molar-refractivity contribution in [2.24, 2.45) is 0 Å². The summed E-state index contributed by atoms with van der Waals surface area (Å²) in [5, 5.41) is 11.3. The second-order valence-corrected chi connectivity index (χ2v) is 8.70. The Kier molecular flexibility index (Phi) is 6.64. The number of Topliss-reactive ketones (excluding diaryl/α,β-unsaturated/α-hetero) is 1. The molecule has 0 bridgehead atoms. The highest BCUT2D eigenvalue weighted by Gasteiger charge is 2.46. The molecule has 0 spiro atoms. The fourth-order valence-corrected chi connectivity index (χ4v) is 4.62. The first-order chi connectivity index (χ1) is 18.0. The predicted molar refractivity (Wildman–Crippen MR) is 134 cm³/mol. The maximum Gasteiger partial charge on any atom is 0.337 e. The lowest BCUT2D eigenvalue weighted by Crippen LogP contribution is -2.31. The molecule has 0 saturated carbocycles. The number of nitrogens with zero attached hydrogens (tertiary/aromatic N) is 1. The van der Waals surface area contributed by atoms with Crippen molar-refractivity contribution in [2.45, 2.75) is 12.5 Å². The van der Waals surface area contributed by atoms with E-state index in [9.17, 15) is 19.5 Å². The summed E-state index contributed by atoms with van der Waals surface area (Å²) in [7, 11) is 1.29. The first kappa shape index (κ1) is 24.1. The Hall–Kier alpha value is -4.59. The lowest BCUT2D eigenvalue weighted by Gasteiger charge is -2.25. The smallest absolute Gasteiger partial charge is 0.337 e. The molecular formula is C29H25NO7. The number of ether oxygens (including phenoxy) is 3. The van der Waals surface area contributed by atoms with Crippen LogP contribution in [-0.4, -0.2) is 54.5 Å². The minimum Gasteiger partial charge on any atom is -0.507 e. The zero-order valence-electron chi connectivity index (χ0n) is 20.2. The molecule has 0 radical (unpaired) electrons. The standard InChI is InChI=1S/C29H25NO7/c1-35-29(34)20-9-7-19(8-10-20)25-24(26(31)21-11-12-22-23(17-21)37-16-15-36-22)27(32)28(33)30(25)14-13-18-5-3-2-4-6-18/h2-12,17,25,31H,13-16H2,1H3/b26-24+/t25-/m0/s1. The van der Waals surface area contributed by atoms with Gasteiger partial charge >= 0.3 is 5.97 Å². The van der Waals surface area contributed by atoms with Gasteiger partial charge in [0.05, 0.1) is 24.3 Å². The quantitative estimate of drug-likeness (QED) is 0.237. The number of benzene rings is 3. The molecule has 5 rings (SSSR count). The molecule has 8 heteroatoms. The van der Waals surface area contributed by atoms with E-state index in [-0.39, 0.29) is 17.9 Å². The second-order valence-electron chi connectivity index (χ2n) is 8.70. The fourth-order valence-electron chi connectivity index (χ4n) is 4.62. The Morgan fingerprint density at radius 1 is 0.946 bits per heavy atom. The normalized spacial score (nSPS) is 18.1. The lowest BCUT2D eigenvalue weighted by atomic mass is 9.94. The van der Waals surface area contributed by atoms with Gasteiger partial charge in [0.15, 0.2) is 11.5 Å². The van der Waals surface area contributed by atoms with E-state index in [0.29, 0.717) is 47.8 Å². The van der Waals surface area contributed by atoms with E-state index in [4.69, 9.17) is 14.2 Å². The first-order valence-electron chi connectivity index (χ1n) is 11.9. The Balaban J connectivity index is 1.57. The molecule has 1 atom stereocenters. The van der Waals surface area contributed by atoms with Crippen LogP contribution in [0.1, 0.15) is 33.1 Å². The lowest BCUT2D eigenvalue weighted by molar-refractivity contribution is -0.139. The fraction of sp³-hybridized carbons (Fsp3) is 0.207. The maximum atomic E-state index is 13.3. The molecule has 2 heterocycles. The minimum absolute atomic E-state index is 0.0273. The van der Waals surface area contributed by atoms with Crippen LogP contribution < -0.4 is 9.47 Å². The molecular weight excluding hydrogens is 474 g/mol. The number of ketones is 1. The van der Waals surface area contributed by atoms with Crippen LogP contribution in [0.25, 0.3) is 5.76 Å².